The number of benzene rings is 3. The molecule has 3 aromatic carbocycles. The van der Waals surface area contributed by atoms with E-state index in [-0.39, 0.29) is 6.03 Å². The van der Waals surface area contributed by atoms with E-state index in [0.717, 1.165) is 48.9 Å². The average molecular weight is 510 g/mol. The number of carboxylic acids is 1. The molecule has 1 saturated heterocycles. The van der Waals surface area contributed by atoms with Gasteiger partial charge in [0, 0.05) is 24.7 Å². The highest BCUT2D eigenvalue weighted by atomic mass is 19.4. The summed E-state index contributed by atoms with van der Waals surface area (Å²) in [4.78, 5) is 28.0. The van der Waals surface area contributed by atoms with Gasteiger partial charge in [0.1, 0.15) is 0 Å². The number of anilines is 1. The third kappa shape index (κ3) is 6.75. The predicted octanol–water partition coefficient (Wildman–Crippen LogP) is 6.51. The standard InChI is InChI=1S/C26H25N3O.C2HF3O2/c30-26(28-25-9-3-8-24-23(25)7-4-14-27-24)29-15-12-19(13-16-29)17-20-10-11-21-5-1-2-6-22(21)18-20;3-2(4,5)1(6)7/h1-11,14,18-19H,12-13,15-17H2,(H,28,30);(H,6,7). The van der Waals surface area contributed by atoms with Crippen molar-refractivity contribution in [2.75, 3.05) is 18.4 Å². The number of nitrogens with one attached hydrogen (secondary N) is 1. The first-order valence-corrected chi connectivity index (χ1v) is 11.9. The van der Waals surface area contributed by atoms with Crippen LogP contribution in [0.15, 0.2) is 79.0 Å². The maximum Gasteiger partial charge on any atom is 0.490 e. The number of piperidine rings is 1. The van der Waals surface area contributed by atoms with Crippen molar-refractivity contribution in [3.63, 3.8) is 0 Å². The fourth-order valence-corrected chi connectivity index (χ4v) is 4.45. The summed E-state index contributed by atoms with van der Waals surface area (Å²) in [5.74, 6) is -2.13. The largest absolute Gasteiger partial charge is 0.490 e. The summed E-state index contributed by atoms with van der Waals surface area (Å²) in [5, 5.41) is 13.8. The number of urea groups is 1. The van der Waals surface area contributed by atoms with Crippen LogP contribution in [0.4, 0.5) is 23.7 Å². The molecular weight excluding hydrogens is 483 g/mol. The van der Waals surface area contributed by atoms with Gasteiger partial charge in [-0.05, 0) is 65.8 Å². The molecule has 0 unspecified atom stereocenters. The van der Waals surface area contributed by atoms with Crippen LogP contribution in [0.2, 0.25) is 0 Å². The maximum atomic E-state index is 12.8. The van der Waals surface area contributed by atoms with Crippen molar-refractivity contribution in [1.82, 2.24) is 9.88 Å². The van der Waals surface area contributed by atoms with E-state index in [1.807, 2.05) is 35.2 Å². The molecule has 0 radical (unpaired) electrons. The van der Waals surface area contributed by atoms with Gasteiger partial charge in [0.05, 0.1) is 11.2 Å². The highest BCUT2D eigenvalue weighted by Crippen LogP contribution is 2.26. The summed E-state index contributed by atoms with van der Waals surface area (Å²) >= 11 is 0. The van der Waals surface area contributed by atoms with Crippen LogP contribution in [-0.2, 0) is 11.2 Å². The van der Waals surface area contributed by atoms with Gasteiger partial charge in [0.15, 0.2) is 0 Å². The van der Waals surface area contributed by atoms with Crippen LogP contribution >= 0.6 is 0 Å². The van der Waals surface area contributed by atoms with Crippen LogP contribution < -0.4 is 5.32 Å². The van der Waals surface area contributed by atoms with Gasteiger partial charge in [-0.25, -0.2) is 9.59 Å². The lowest BCUT2D eigenvalue weighted by Crippen LogP contribution is -2.41. The van der Waals surface area contributed by atoms with Gasteiger partial charge in [-0.3, -0.25) is 4.98 Å². The minimum atomic E-state index is -5.08. The molecule has 0 saturated carbocycles. The fourth-order valence-electron chi connectivity index (χ4n) is 4.45. The van der Waals surface area contributed by atoms with E-state index in [0.29, 0.717) is 5.92 Å². The molecule has 9 heteroatoms. The van der Waals surface area contributed by atoms with Crippen LogP contribution in [0.5, 0.6) is 0 Å². The Bertz CT molecular complexity index is 1390. The number of aromatic nitrogens is 1. The van der Waals surface area contributed by atoms with Crippen molar-refractivity contribution in [3.8, 4) is 0 Å². The molecule has 5 rings (SSSR count). The molecule has 1 aliphatic heterocycles. The minimum absolute atomic E-state index is 0.0180. The van der Waals surface area contributed by atoms with Crippen molar-refractivity contribution < 1.29 is 27.9 Å². The second-order valence-electron chi connectivity index (χ2n) is 8.92. The zero-order valence-corrected chi connectivity index (χ0v) is 19.9. The number of aliphatic carboxylic acids is 1. The fraction of sp³-hybridized carbons (Fsp3) is 0.250. The summed E-state index contributed by atoms with van der Waals surface area (Å²) < 4.78 is 31.7. The Labute approximate surface area is 211 Å². The summed E-state index contributed by atoms with van der Waals surface area (Å²) in [5.41, 5.74) is 3.10. The van der Waals surface area contributed by atoms with E-state index in [1.54, 1.807) is 6.20 Å². The zero-order valence-electron chi connectivity index (χ0n) is 19.9. The lowest BCUT2D eigenvalue weighted by molar-refractivity contribution is -0.192. The highest BCUT2D eigenvalue weighted by Gasteiger charge is 2.38. The molecule has 0 spiro atoms. The van der Waals surface area contributed by atoms with E-state index in [4.69, 9.17) is 9.90 Å². The number of rotatable bonds is 3. The molecule has 6 nitrogen and oxygen atoms in total. The number of carbonyl (C=O) groups excluding carboxylic acids is 1. The smallest absolute Gasteiger partial charge is 0.475 e. The lowest BCUT2D eigenvalue weighted by Gasteiger charge is -2.32. The van der Waals surface area contributed by atoms with E-state index >= 15 is 0 Å². The van der Waals surface area contributed by atoms with E-state index in [1.165, 1.54) is 16.3 Å². The number of carboxylic acid groups (broad SMARTS) is 1. The molecular formula is C28H26F3N3O3. The minimum Gasteiger partial charge on any atom is -0.475 e. The second kappa shape index (κ2) is 11.3. The predicted molar refractivity (Wildman–Crippen MR) is 136 cm³/mol. The molecule has 2 amide bonds. The lowest BCUT2D eigenvalue weighted by atomic mass is 9.89. The number of amides is 2. The van der Waals surface area contributed by atoms with Gasteiger partial charge in [-0.1, -0.05) is 48.5 Å². The summed E-state index contributed by atoms with van der Waals surface area (Å²) in [7, 11) is 0. The van der Waals surface area contributed by atoms with Gasteiger partial charge in [0.2, 0.25) is 0 Å². The number of fused-ring (bicyclic) bond motifs is 2. The molecule has 0 atom stereocenters. The SMILES string of the molecule is O=C(Nc1cccc2ncccc12)N1CCC(Cc2ccc3ccccc3c2)CC1.O=C(O)C(F)(F)F. The van der Waals surface area contributed by atoms with Gasteiger partial charge >= 0.3 is 18.2 Å². The van der Waals surface area contributed by atoms with Gasteiger partial charge in [-0.15, -0.1) is 0 Å². The van der Waals surface area contributed by atoms with Crippen molar-refractivity contribution in [3.05, 3.63) is 84.6 Å². The Kier molecular flexibility index (Phi) is 7.91. The first-order chi connectivity index (χ1) is 17.7. The van der Waals surface area contributed by atoms with Crippen molar-refractivity contribution in [2.45, 2.75) is 25.4 Å². The molecule has 37 heavy (non-hydrogen) atoms. The number of carbonyl (C=O) groups is 2. The molecule has 0 bridgehead atoms. The first-order valence-electron chi connectivity index (χ1n) is 11.9. The van der Waals surface area contributed by atoms with Gasteiger partial charge in [0.25, 0.3) is 0 Å². The maximum absolute atomic E-state index is 12.8. The Balaban J connectivity index is 0.000000405. The number of halogens is 3. The number of alkyl halides is 3. The third-order valence-corrected chi connectivity index (χ3v) is 6.37. The van der Waals surface area contributed by atoms with E-state index in [9.17, 15) is 18.0 Å². The Hall–Kier alpha value is -4.14. The van der Waals surface area contributed by atoms with Crippen molar-refractivity contribution >= 4 is 39.4 Å². The Morgan fingerprint density at radius 2 is 1.65 bits per heavy atom. The quantitative estimate of drug-likeness (QED) is 0.330. The van der Waals surface area contributed by atoms with Crippen LogP contribution in [0.3, 0.4) is 0 Å². The summed E-state index contributed by atoms with van der Waals surface area (Å²) in [6.07, 6.45) is -0.155. The first kappa shape index (κ1) is 25.9. The zero-order chi connectivity index (χ0) is 26.4. The second-order valence-corrected chi connectivity index (χ2v) is 8.92. The summed E-state index contributed by atoms with van der Waals surface area (Å²) in [6.45, 7) is 1.60. The molecule has 2 N–H and O–H groups in total. The van der Waals surface area contributed by atoms with Crippen LogP contribution in [0.25, 0.3) is 21.7 Å². The Morgan fingerprint density at radius 3 is 2.35 bits per heavy atom. The molecule has 1 aliphatic rings. The highest BCUT2D eigenvalue weighted by molar-refractivity contribution is 6.00. The number of hydrogen-bond acceptors (Lipinski definition) is 3. The van der Waals surface area contributed by atoms with Gasteiger partial charge < -0.3 is 15.3 Å². The normalized spacial score (nSPS) is 14.2. The number of hydrogen-bond donors (Lipinski definition) is 2. The number of nitrogens with zero attached hydrogens (tertiary/aromatic N) is 2. The third-order valence-electron chi connectivity index (χ3n) is 6.37. The summed E-state index contributed by atoms with van der Waals surface area (Å²) in [6, 6.07) is 25.0. The molecule has 1 aromatic heterocycles. The monoisotopic (exact) mass is 509 g/mol. The molecule has 2 heterocycles. The average Bonchev–Trinajstić information content (AvgIpc) is 2.89. The van der Waals surface area contributed by atoms with Gasteiger partial charge in [-0.2, -0.15) is 13.2 Å². The van der Waals surface area contributed by atoms with Crippen LogP contribution in [0.1, 0.15) is 18.4 Å². The van der Waals surface area contributed by atoms with Crippen LogP contribution in [-0.4, -0.2) is 46.3 Å². The van der Waals surface area contributed by atoms with Crippen molar-refractivity contribution in [2.24, 2.45) is 5.92 Å². The number of pyridine rings is 1. The van der Waals surface area contributed by atoms with E-state index in [2.05, 4.69) is 52.8 Å². The molecule has 4 aromatic rings. The van der Waals surface area contributed by atoms with E-state index < -0.39 is 12.1 Å². The van der Waals surface area contributed by atoms with Crippen LogP contribution in [0, 0.1) is 5.92 Å². The molecule has 0 aliphatic carbocycles. The topological polar surface area (TPSA) is 82.5 Å². The molecule has 192 valence electrons. The molecule has 1 fully saturated rings. The van der Waals surface area contributed by atoms with Crippen molar-refractivity contribution in [1.29, 1.82) is 0 Å². The Morgan fingerprint density at radius 1 is 0.946 bits per heavy atom. The number of likely N-dealkylation sites (tertiary alicyclic amines) is 1.